The molecular formula is C22H16F7N5O3. The smallest absolute Gasteiger partial charge is 0.406 e. The average molecular weight is 531 g/mol. The van der Waals surface area contributed by atoms with Gasteiger partial charge in [0.1, 0.15) is 17.3 Å². The van der Waals surface area contributed by atoms with Gasteiger partial charge in [-0.05, 0) is 24.3 Å². The quantitative estimate of drug-likeness (QED) is 0.479. The van der Waals surface area contributed by atoms with Gasteiger partial charge >= 0.3 is 12.5 Å². The molecular weight excluding hydrogens is 515 g/mol. The van der Waals surface area contributed by atoms with E-state index in [1.54, 1.807) is 6.92 Å². The fraction of sp³-hybridized carbons (Fsp3) is 0.273. The molecule has 37 heavy (non-hydrogen) atoms. The van der Waals surface area contributed by atoms with Gasteiger partial charge in [-0.3, -0.25) is 9.59 Å². The summed E-state index contributed by atoms with van der Waals surface area (Å²) in [4.78, 5) is 27.7. The topological polar surface area (TPSA) is 98.1 Å². The molecule has 4 rings (SSSR count). The number of carbonyl (C=O) groups is 2. The second kappa shape index (κ2) is 9.37. The number of ether oxygens (including phenoxy) is 1. The molecule has 0 radical (unpaired) electrons. The third kappa shape index (κ3) is 5.81. The highest BCUT2D eigenvalue weighted by Crippen LogP contribution is 2.33. The lowest BCUT2D eigenvalue weighted by molar-refractivity contribution is -0.274. The summed E-state index contributed by atoms with van der Waals surface area (Å²) in [6.45, 7) is 1.60. The van der Waals surface area contributed by atoms with Crippen LogP contribution in [0, 0.1) is 17.7 Å². The summed E-state index contributed by atoms with van der Waals surface area (Å²) in [5.41, 5.74) is -1.58. The molecule has 0 spiro atoms. The molecule has 1 aliphatic heterocycles. The van der Waals surface area contributed by atoms with Crippen molar-refractivity contribution in [1.82, 2.24) is 20.1 Å². The van der Waals surface area contributed by atoms with E-state index in [1.165, 1.54) is 6.07 Å². The Morgan fingerprint density at radius 3 is 2.43 bits per heavy atom. The summed E-state index contributed by atoms with van der Waals surface area (Å²) in [5.74, 6) is -4.50. The van der Waals surface area contributed by atoms with Crippen LogP contribution in [-0.4, -0.2) is 39.5 Å². The van der Waals surface area contributed by atoms with Crippen molar-refractivity contribution in [3.05, 3.63) is 54.1 Å². The number of nitrogens with zero attached hydrogens (tertiary/aromatic N) is 3. The Balaban J connectivity index is 1.76. The van der Waals surface area contributed by atoms with Gasteiger partial charge in [-0.15, -0.1) is 18.3 Å². The molecule has 196 valence electrons. The lowest BCUT2D eigenvalue weighted by Crippen LogP contribution is -2.28. The first-order chi connectivity index (χ1) is 17.2. The summed E-state index contributed by atoms with van der Waals surface area (Å²) >= 11 is 0. The van der Waals surface area contributed by atoms with Crippen LogP contribution in [0.5, 0.6) is 5.75 Å². The average Bonchev–Trinajstić information content (AvgIpc) is 3.35. The van der Waals surface area contributed by atoms with E-state index < -0.39 is 47.5 Å². The first kappa shape index (κ1) is 25.9. The predicted octanol–water partition coefficient (Wildman–Crippen LogP) is 4.31. The van der Waals surface area contributed by atoms with Crippen LogP contribution in [0.25, 0.3) is 16.9 Å². The number of benzene rings is 1. The van der Waals surface area contributed by atoms with Crippen LogP contribution in [0.1, 0.15) is 12.6 Å². The van der Waals surface area contributed by atoms with Gasteiger partial charge < -0.3 is 15.4 Å². The molecule has 1 aliphatic rings. The summed E-state index contributed by atoms with van der Waals surface area (Å²) in [7, 11) is 0. The van der Waals surface area contributed by atoms with E-state index in [-0.39, 0.29) is 35.2 Å². The Bertz CT molecular complexity index is 1340. The maximum absolute atomic E-state index is 14.2. The summed E-state index contributed by atoms with van der Waals surface area (Å²) in [6.07, 6.45) is -9.05. The van der Waals surface area contributed by atoms with Crippen molar-refractivity contribution in [2.24, 2.45) is 11.8 Å². The molecule has 0 saturated carbocycles. The van der Waals surface area contributed by atoms with Gasteiger partial charge in [0.15, 0.2) is 5.82 Å². The molecule has 8 nitrogen and oxygen atoms in total. The van der Waals surface area contributed by atoms with Crippen LogP contribution in [0.2, 0.25) is 0 Å². The highest BCUT2D eigenvalue weighted by Gasteiger charge is 2.37. The molecule has 0 bridgehead atoms. The number of amides is 2. The Morgan fingerprint density at radius 2 is 1.86 bits per heavy atom. The first-order valence-electron chi connectivity index (χ1n) is 10.5. The maximum Gasteiger partial charge on any atom is 0.573 e. The van der Waals surface area contributed by atoms with Gasteiger partial charge in [0.05, 0.1) is 23.5 Å². The molecule has 1 fully saturated rings. The number of hydrogen-bond donors (Lipinski definition) is 2. The minimum atomic E-state index is -5.12. The monoisotopic (exact) mass is 531 g/mol. The van der Waals surface area contributed by atoms with Crippen molar-refractivity contribution in [2.45, 2.75) is 19.5 Å². The number of carbonyl (C=O) groups excluding carboxylic acids is 2. The highest BCUT2D eigenvalue weighted by molar-refractivity contribution is 5.98. The number of rotatable bonds is 5. The number of halogens is 7. The van der Waals surface area contributed by atoms with E-state index in [0.717, 1.165) is 29.1 Å². The molecule has 3 heterocycles. The zero-order valence-electron chi connectivity index (χ0n) is 18.6. The van der Waals surface area contributed by atoms with E-state index in [2.05, 4.69) is 25.5 Å². The third-order valence-corrected chi connectivity index (χ3v) is 5.49. The lowest BCUT2D eigenvalue weighted by atomic mass is 9.97. The summed E-state index contributed by atoms with van der Waals surface area (Å²) in [6, 6.07) is 5.00. The highest BCUT2D eigenvalue weighted by atomic mass is 19.4. The number of alkyl halides is 6. The number of nitrogens with one attached hydrogen (secondary N) is 2. The molecule has 1 saturated heterocycles. The lowest BCUT2D eigenvalue weighted by Gasteiger charge is -2.12. The molecule has 3 aromatic rings. The fourth-order valence-corrected chi connectivity index (χ4v) is 3.70. The van der Waals surface area contributed by atoms with Gasteiger partial charge in [-0.25, -0.2) is 14.1 Å². The van der Waals surface area contributed by atoms with Crippen LogP contribution >= 0.6 is 0 Å². The predicted molar refractivity (Wildman–Crippen MR) is 113 cm³/mol. The van der Waals surface area contributed by atoms with Crippen LogP contribution in [0.4, 0.5) is 36.6 Å². The van der Waals surface area contributed by atoms with Crippen molar-refractivity contribution in [1.29, 1.82) is 0 Å². The SMILES string of the molecule is C[C@H]1C(=O)NC[C@@H]1C(=O)Nc1cc(-c2cc(F)cc(OC(F)(F)F)c2)n(-c2ccc(C(F)(F)F)nc2)n1. The molecule has 2 aromatic heterocycles. The van der Waals surface area contributed by atoms with Gasteiger partial charge in [0.2, 0.25) is 11.8 Å². The molecule has 2 N–H and O–H groups in total. The molecule has 0 aliphatic carbocycles. The van der Waals surface area contributed by atoms with Crippen LogP contribution in [-0.2, 0) is 15.8 Å². The van der Waals surface area contributed by atoms with E-state index in [0.29, 0.717) is 12.1 Å². The zero-order chi connectivity index (χ0) is 27.1. The fourth-order valence-electron chi connectivity index (χ4n) is 3.70. The Hall–Kier alpha value is -4.17. The van der Waals surface area contributed by atoms with Gasteiger partial charge in [0, 0.05) is 30.2 Å². The second-order valence-electron chi connectivity index (χ2n) is 8.08. The van der Waals surface area contributed by atoms with Crippen molar-refractivity contribution < 1.29 is 45.1 Å². The molecule has 2 amide bonds. The second-order valence-corrected chi connectivity index (χ2v) is 8.08. The van der Waals surface area contributed by atoms with E-state index in [9.17, 15) is 40.3 Å². The summed E-state index contributed by atoms with van der Waals surface area (Å²) in [5, 5.41) is 9.11. The standard InChI is InChI=1S/C22H16F7N5O3/c1-10-15(9-31-19(10)35)20(36)32-18-7-16(11-4-12(23)6-14(5-11)37-22(27,28)29)34(33-18)13-2-3-17(30-8-13)21(24,25)26/h2-8,10,15H,9H2,1H3,(H,31,35)(H,32,33,36)/t10-,15+/m1/s1. The number of pyridine rings is 1. The van der Waals surface area contributed by atoms with E-state index in [4.69, 9.17) is 0 Å². The van der Waals surface area contributed by atoms with E-state index in [1.807, 2.05) is 0 Å². The summed E-state index contributed by atoms with van der Waals surface area (Å²) < 4.78 is 95.9. The first-order valence-corrected chi connectivity index (χ1v) is 10.5. The van der Waals surface area contributed by atoms with Crippen molar-refractivity contribution in [2.75, 3.05) is 11.9 Å². The van der Waals surface area contributed by atoms with Gasteiger partial charge in [0.25, 0.3) is 0 Å². The van der Waals surface area contributed by atoms with Gasteiger partial charge in [-0.2, -0.15) is 13.2 Å². The molecule has 0 unspecified atom stereocenters. The normalized spacial score (nSPS) is 18.0. The number of aromatic nitrogens is 3. The Labute approximate surface area is 203 Å². The number of anilines is 1. The largest absolute Gasteiger partial charge is 0.573 e. The van der Waals surface area contributed by atoms with Gasteiger partial charge in [-0.1, -0.05) is 6.92 Å². The van der Waals surface area contributed by atoms with Crippen LogP contribution in [0.3, 0.4) is 0 Å². The minimum Gasteiger partial charge on any atom is -0.406 e. The molecule has 1 aromatic carbocycles. The molecule has 2 atom stereocenters. The minimum absolute atomic E-state index is 0.0598. The van der Waals surface area contributed by atoms with Crippen LogP contribution in [0.15, 0.2) is 42.6 Å². The van der Waals surface area contributed by atoms with Crippen molar-refractivity contribution >= 4 is 17.6 Å². The zero-order valence-corrected chi connectivity index (χ0v) is 18.6. The maximum atomic E-state index is 14.2. The molecule has 15 heteroatoms. The van der Waals surface area contributed by atoms with Crippen molar-refractivity contribution in [3.63, 3.8) is 0 Å². The Kier molecular flexibility index (Phi) is 6.56. The third-order valence-electron chi connectivity index (χ3n) is 5.49. The van der Waals surface area contributed by atoms with E-state index >= 15 is 0 Å². The van der Waals surface area contributed by atoms with Crippen LogP contribution < -0.4 is 15.4 Å². The van der Waals surface area contributed by atoms with Crippen molar-refractivity contribution in [3.8, 4) is 22.7 Å². The Morgan fingerprint density at radius 1 is 1.14 bits per heavy atom. The number of hydrogen-bond acceptors (Lipinski definition) is 5.